The first kappa shape index (κ1) is 15.0. The van der Waals surface area contributed by atoms with Gasteiger partial charge in [0.25, 0.3) is 11.6 Å². The zero-order chi connectivity index (χ0) is 14.7. The lowest BCUT2D eigenvalue weighted by atomic mass is 10.1. The summed E-state index contributed by atoms with van der Waals surface area (Å²) < 4.78 is 0. The zero-order valence-corrected chi connectivity index (χ0v) is 12.9. The molecule has 1 aromatic rings. The monoisotopic (exact) mass is 340 g/mol. The minimum Gasteiger partial charge on any atom is -0.352 e. The van der Waals surface area contributed by atoms with Crippen LogP contribution in [0.3, 0.4) is 0 Å². The second-order valence-corrected chi connectivity index (χ2v) is 6.30. The van der Waals surface area contributed by atoms with Gasteiger partial charge in [0.2, 0.25) is 0 Å². The van der Waals surface area contributed by atoms with E-state index in [-0.39, 0.29) is 11.6 Å². The first-order valence-electron chi connectivity index (χ1n) is 6.67. The average Bonchev–Trinajstić information content (AvgIpc) is 2.81. The molecule has 0 aromatic heterocycles. The van der Waals surface area contributed by atoms with E-state index in [1.54, 1.807) is 19.1 Å². The molecule has 20 heavy (non-hydrogen) atoms. The third kappa shape index (κ3) is 3.17. The number of nitrogens with zero attached hydrogens (tertiary/aromatic N) is 1. The van der Waals surface area contributed by atoms with Gasteiger partial charge in [-0.25, -0.2) is 0 Å². The lowest BCUT2D eigenvalue weighted by molar-refractivity contribution is -0.385. The number of benzene rings is 1. The Balaban J connectivity index is 2.06. The van der Waals surface area contributed by atoms with Crippen molar-refractivity contribution in [1.82, 2.24) is 5.32 Å². The summed E-state index contributed by atoms with van der Waals surface area (Å²) in [5.41, 5.74) is 0.775. The lowest BCUT2D eigenvalue weighted by Crippen LogP contribution is -2.31. The fourth-order valence-corrected chi connectivity index (χ4v) is 3.38. The van der Waals surface area contributed by atoms with E-state index in [2.05, 4.69) is 21.2 Å². The highest BCUT2D eigenvalue weighted by Gasteiger charge is 2.25. The molecule has 0 radical (unpaired) electrons. The first-order chi connectivity index (χ1) is 9.50. The molecule has 0 spiro atoms. The summed E-state index contributed by atoms with van der Waals surface area (Å²) in [7, 11) is 0. The molecule has 2 rings (SSSR count). The van der Waals surface area contributed by atoms with E-state index in [0.29, 0.717) is 28.4 Å². The van der Waals surface area contributed by atoms with E-state index in [1.807, 2.05) is 0 Å². The average molecular weight is 341 g/mol. The van der Waals surface area contributed by atoms with Crippen LogP contribution in [-0.2, 0) is 0 Å². The minimum absolute atomic E-state index is 0.0168. The second kappa shape index (κ2) is 6.35. The molecule has 1 aliphatic carbocycles. The number of alkyl halides is 1. The Morgan fingerprint density at radius 1 is 1.50 bits per heavy atom. The number of amides is 1. The lowest BCUT2D eigenvalue weighted by Gasteiger charge is -2.15. The molecule has 1 fully saturated rings. The molecular weight excluding hydrogens is 324 g/mol. The third-order valence-electron chi connectivity index (χ3n) is 3.84. The van der Waals surface area contributed by atoms with Gasteiger partial charge in [-0.2, -0.15) is 0 Å². The SMILES string of the molecule is Cc1c(C(=O)NCC2CCCC2Br)cccc1[N+](=O)[O-]. The van der Waals surface area contributed by atoms with Crippen LogP contribution in [0.4, 0.5) is 5.69 Å². The van der Waals surface area contributed by atoms with E-state index in [1.165, 1.54) is 12.5 Å². The fourth-order valence-electron chi connectivity index (χ4n) is 2.61. The van der Waals surface area contributed by atoms with E-state index in [4.69, 9.17) is 0 Å². The Bertz CT molecular complexity index is 533. The molecule has 0 bridgehead atoms. The topological polar surface area (TPSA) is 72.2 Å². The summed E-state index contributed by atoms with van der Waals surface area (Å²) in [5, 5.41) is 13.8. The molecule has 0 saturated heterocycles. The van der Waals surface area contributed by atoms with Crippen molar-refractivity contribution < 1.29 is 9.72 Å². The van der Waals surface area contributed by atoms with Crippen molar-refractivity contribution in [3.63, 3.8) is 0 Å². The molecule has 1 amide bonds. The molecule has 1 aromatic carbocycles. The summed E-state index contributed by atoms with van der Waals surface area (Å²) in [6, 6.07) is 4.58. The Morgan fingerprint density at radius 2 is 2.25 bits per heavy atom. The molecule has 1 saturated carbocycles. The third-order valence-corrected chi connectivity index (χ3v) is 5.04. The normalized spacial score (nSPS) is 21.7. The molecule has 0 aliphatic heterocycles. The van der Waals surface area contributed by atoms with Gasteiger partial charge in [-0.15, -0.1) is 0 Å². The smallest absolute Gasteiger partial charge is 0.273 e. The summed E-state index contributed by atoms with van der Waals surface area (Å²) in [6.45, 7) is 2.22. The van der Waals surface area contributed by atoms with Gasteiger partial charge in [0.15, 0.2) is 0 Å². The molecule has 1 N–H and O–H groups in total. The molecular formula is C14H17BrN2O3. The number of nitrogens with one attached hydrogen (secondary N) is 1. The van der Waals surface area contributed by atoms with Crippen LogP contribution in [0, 0.1) is 23.0 Å². The fraction of sp³-hybridized carbons (Fsp3) is 0.500. The number of nitro benzene ring substituents is 1. The van der Waals surface area contributed by atoms with Crippen molar-refractivity contribution in [2.75, 3.05) is 6.54 Å². The number of halogens is 1. The maximum absolute atomic E-state index is 12.2. The quantitative estimate of drug-likeness (QED) is 0.519. The maximum atomic E-state index is 12.2. The Kier molecular flexibility index (Phi) is 4.75. The maximum Gasteiger partial charge on any atom is 0.273 e. The summed E-state index contributed by atoms with van der Waals surface area (Å²) in [5.74, 6) is 0.204. The van der Waals surface area contributed by atoms with E-state index in [0.717, 1.165) is 12.8 Å². The van der Waals surface area contributed by atoms with E-state index < -0.39 is 4.92 Å². The van der Waals surface area contributed by atoms with Crippen molar-refractivity contribution >= 4 is 27.5 Å². The van der Waals surface area contributed by atoms with Gasteiger partial charge < -0.3 is 5.32 Å². The van der Waals surface area contributed by atoms with Crippen LogP contribution in [0.2, 0.25) is 0 Å². The number of rotatable bonds is 4. The first-order valence-corrected chi connectivity index (χ1v) is 7.58. The van der Waals surface area contributed by atoms with Crippen LogP contribution < -0.4 is 5.32 Å². The minimum atomic E-state index is -0.461. The highest BCUT2D eigenvalue weighted by atomic mass is 79.9. The van der Waals surface area contributed by atoms with Crippen LogP contribution in [0.5, 0.6) is 0 Å². The number of hydrogen-bond acceptors (Lipinski definition) is 3. The Labute approximate surface area is 126 Å². The van der Waals surface area contributed by atoms with Gasteiger partial charge in [-0.05, 0) is 31.7 Å². The van der Waals surface area contributed by atoms with Crippen LogP contribution in [0.15, 0.2) is 18.2 Å². The second-order valence-electron chi connectivity index (χ2n) is 5.12. The van der Waals surface area contributed by atoms with Crippen molar-refractivity contribution in [2.45, 2.75) is 31.0 Å². The summed E-state index contributed by atoms with van der Waals surface area (Å²) in [4.78, 5) is 23.0. The highest BCUT2D eigenvalue weighted by Crippen LogP contribution is 2.31. The van der Waals surface area contributed by atoms with Crippen LogP contribution in [-0.4, -0.2) is 22.2 Å². The number of hydrogen-bond donors (Lipinski definition) is 1. The van der Waals surface area contributed by atoms with Gasteiger partial charge in [-0.3, -0.25) is 14.9 Å². The highest BCUT2D eigenvalue weighted by molar-refractivity contribution is 9.09. The van der Waals surface area contributed by atoms with Crippen molar-refractivity contribution in [2.24, 2.45) is 5.92 Å². The summed E-state index contributed by atoms with van der Waals surface area (Å²) >= 11 is 3.62. The van der Waals surface area contributed by atoms with E-state index in [9.17, 15) is 14.9 Å². The zero-order valence-electron chi connectivity index (χ0n) is 11.3. The largest absolute Gasteiger partial charge is 0.352 e. The Hall–Kier alpha value is -1.43. The van der Waals surface area contributed by atoms with Crippen LogP contribution in [0.1, 0.15) is 35.2 Å². The molecule has 0 heterocycles. The Morgan fingerprint density at radius 3 is 2.85 bits per heavy atom. The van der Waals surface area contributed by atoms with Crippen molar-refractivity contribution in [3.05, 3.63) is 39.4 Å². The molecule has 1 aliphatic rings. The van der Waals surface area contributed by atoms with Crippen LogP contribution in [0.25, 0.3) is 0 Å². The molecule has 6 heteroatoms. The van der Waals surface area contributed by atoms with Gasteiger partial charge in [0.05, 0.1) is 4.92 Å². The molecule has 2 atom stereocenters. The summed E-state index contributed by atoms with van der Waals surface area (Å²) in [6.07, 6.45) is 3.41. The molecule has 108 valence electrons. The van der Waals surface area contributed by atoms with Gasteiger partial charge in [0.1, 0.15) is 0 Å². The predicted molar refractivity (Wildman–Crippen MR) is 80.2 cm³/mol. The van der Waals surface area contributed by atoms with Gasteiger partial charge in [0, 0.05) is 28.6 Å². The molecule has 2 unspecified atom stereocenters. The van der Waals surface area contributed by atoms with Gasteiger partial charge in [-0.1, -0.05) is 28.4 Å². The standard InChI is InChI=1S/C14H17BrN2O3/c1-9-11(5-3-7-13(9)17(19)20)14(18)16-8-10-4-2-6-12(10)15/h3,5,7,10,12H,2,4,6,8H2,1H3,(H,16,18). The van der Waals surface area contributed by atoms with Crippen molar-refractivity contribution in [3.8, 4) is 0 Å². The van der Waals surface area contributed by atoms with Crippen molar-refractivity contribution in [1.29, 1.82) is 0 Å². The predicted octanol–water partition coefficient (Wildman–Crippen LogP) is 3.20. The molecule has 5 nitrogen and oxygen atoms in total. The number of nitro groups is 1. The van der Waals surface area contributed by atoms with Gasteiger partial charge >= 0.3 is 0 Å². The number of carbonyl (C=O) groups excluding carboxylic acids is 1. The van der Waals surface area contributed by atoms with Crippen LogP contribution >= 0.6 is 15.9 Å². The van der Waals surface area contributed by atoms with E-state index >= 15 is 0 Å². The number of carbonyl (C=O) groups is 1.